The lowest BCUT2D eigenvalue weighted by atomic mass is 10.2. The average molecular weight is 246 g/mol. The zero-order chi connectivity index (χ0) is 12.4. The second-order valence-electron chi connectivity index (χ2n) is 3.23. The van der Waals surface area contributed by atoms with Gasteiger partial charge < -0.3 is 0 Å². The molecule has 0 aliphatic carbocycles. The van der Waals surface area contributed by atoms with E-state index in [4.69, 9.17) is 23.3 Å². The van der Waals surface area contributed by atoms with E-state index in [1.807, 2.05) is 6.07 Å². The summed E-state index contributed by atoms with van der Waals surface area (Å²) < 4.78 is 14.6. The van der Waals surface area contributed by atoms with E-state index in [-0.39, 0.29) is 10.7 Å². The van der Waals surface area contributed by atoms with Crippen LogP contribution in [0.15, 0.2) is 24.4 Å². The zero-order valence-corrected chi connectivity index (χ0v) is 9.24. The van der Waals surface area contributed by atoms with Crippen LogP contribution >= 0.6 is 11.6 Å². The van der Waals surface area contributed by atoms with Crippen LogP contribution in [-0.2, 0) is 0 Å². The first-order chi connectivity index (χ1) is 8.13. The summed E-state index contributed by atoms with van der Waals surface area (Å²) in [6, 6.07) is 5.73. The highest BCUT2D eigenvalue weighted by Crippen LogP contribution is 2.17. The number of aromatic nitrogens is 2. The van der Waals surface area contributed by atoms with Crippen LogP contribution < -0.4 is 0 Å². The first-order valence-electron chi connectivity index (χ1n) is 4.57. The van der Waals surface area contributed by atoms with E-state index in [0.717, 1.165) is 6.07 Å². The van der Waals surface area contributed by atoms with Crippen molar-refractivity contribution < 1.29 is 4.39 Å². The molecule has 0 bridgehead atoms. The molecule has 5 heteroatoms. The molecule has 82 valence electrons. The van der Waals surface area contributed by atoms with Crippen molar-refractivity contribution in [1.29, 1.82) is 5.26 Å². The number of rotatable bonds is 1. The number of benzene rings is 1. The Kier molecular flexibility index (Phi) is 2.82. The average Bonchev–Trinajstić information content (AvgIpc) is 2.69. The minimum Gasteiger partial charge on any atom is -0.238 e. The predicted molar refractivity (Wildman–Crippen MR) is 61.2 cm³/mol. The third-order valence-electron chi connectivity index (χ3n) is 2.10. The van der Waals surface area contributed by atoms with Crippen molar-refractivity contribution in [2.75, 3.05) is 0 Å². The minimum absolute atomic E-state index is 0.162. The van der Waals surface area contributed by atoms with Crippen LogP contribution in [-0.4, -0.2) is 9.78 Å². The highest BCUT2D eigenvalue weighted by molar-refractivity contribution is 6.30. The van der Waals surface area contributed by atoms with Gasteiger partial charge in [0.25, 0.3) is 0 Å². The minimum atomic E-state index is -0.520. The molecule has 0 spiro atoms. The van der Waals surface area contributed by atoms with E-state index < -0.39 is 5.82 Å². The van der Waals surface area contributed by atoms with Gasteiger partial charge in [0.15, 0.2) is 5.15 Å². The standard InChI is InChI=1S/C12H5ClFN3/c1-2-9-7-17(16-12(9)13)11-4-8(6-15)3-10(14)5-11/h1,3-5,7H. The lowest BCUT2D eigenvalue weighted by Gasteiger charge is -2.01. The first-order valence-corrected chi connectivity index (χ1v) is 4.94. The van der Waals surface area contributed by atoms with Crippen molar-refractivity contribution in [3.63, 3.8) is 0 Å². The molecule has 0 unspecified atom stereocenters. The SMILES string of the molecule is C#Cc1cn(-c2cc(F)cc(C#N)c2)nc1Cl. The molecule has 0 saturated heterocycles. The van der Waals surface area contributed by atoms with E-state index in [1.165, 1.54) is 23.0 Å². The van der Waals surface area contributed by atoms with Gasteiger partial charge in [-0.05, 0) is 18.2 Å². The van der Waals surface area contributed by atoms with E-state index in [2.05, 4.69) is 11.0 Å². The van der Waals surface area contributed by atoms with Crippen molar-refractivity contribution in [3.05, 3.63) is 46.5 Å². The van der Waals surface area contributed by atoms with Gasteiger partial charge in [0.05, 0.1) is 22.9 Å². The Hall–Kier alpha value is -2.30. The van der Waals surface area contributed by atoms with Gasteiger partial charge in [0.1, 0.15) is 5.82 Å². The maximum Gasteiger partial charge on any atom is 0.167 e. The van der Waals surface area contributed by atoms with Crippen LogP contribution in [0.25, 0.3) is 5.69 Å². The van der Waals surface area contributed by atoms with Crippen molar-refractivity contribution in [2.24, 2.45) is 0 Å². The quantitative estimate of drug-likeness (QED) is 0.725. The summed E-state index contributed by atoms with van der Waals surface area (Å²) in [6.45, 7) is 0. The van der Waals surface area contributed by atoms with Gasteiger partial charge in [0, 0.05) is 6.20 Å². The molecule has 0 aliphatic heterocycles. The van der Waals surface area contributed by atoms with Gasteiger partial charge in [-0.1, -0.05) is 17.5 Å². The molecule has 0 radical (unpaired) electrons. The predicted octanol–water partition coefficient (Wildman–Crippen LogP) is 2.52. The Morgan fingerprint density at radius 2 is 2.18 bits per heavy atom. The topological polar surface area (TPSA) is 41.6 Å². The summed E-state index contributed by atoms with van der Waals surface area (Å²) in [5.41, 5.74) is 1.01. The number of nitriles is 1. The first kappa shape index (κ1) is 11.2. The van der Waals surface area contributed by atoms with E-state index in [1.54, 1.807) is 0 Å². The molecule has 2 aromatic rings. The molecule has 0 N–H and O–H groups in total. The summed E-state index contributed by atoms with van der Waals surface area (Å²) in [6.07, 6.45) is 6.71. The molecule has 0 amide bonds. The molecule has 1 aromatic carbocycles. The van der Waals surface area contributed by atoms with Crippen molar-refractivity contribution >= 4 is 11.6 Å². The number of hydrogen-bond donors (Lipinski definition) is 0. The Morgan fingerprint density at radius 3 is 2.76 bits per heavy atom. The molecule has 17 heavy (non-hydrogen) atoms. The van der Waals surface area contributed by atoms with Crippen molar-refractivity contribution in [1.82, 2.24) is 9.78 Å². The van der Waals surface area contributed by atoms with Crippen molar-refractivity contribution in [3.8, 4) is 24.1 Å². The highest BCUT2D eigenvalue weighted by atomic mass is 35.5. The Balaban J connectivity index is 2.57. The van der Waals surface area contributed by atoms with E-state index >= 15 is 0 Å². The molecule has 1 heterocycles. The largest absolute Gasteiger partial charge is 0.238 e. The van der Waals surface area contributed by atoms with Gasteiger partial charge in [-0.15, -0.1) is 6.42 Å². The van der Waals surface area contributed by atoms with Crippen LogP contribution in [0, 0.1) is 29.5 Å². The number of terminal acetylenes is 1. The molecule has 0 atom stereocenters. The fourth-order valence-corrected chi connectivity index (χ4v) is 1.54. The number of halogens is 2. The summed E-state index contributed by atoms with van der Waals surface area (Å²) in [4.78, 5) is 0. The fourth-order valence-electron chi connectivity index (χ4n) is 1.35. The zero-order valence-electron chi connectivity index (χ0n) is 8.48. The highest BCUT2D eigenvalue weighted by Gasteiger charge is 2.08. The molecule has 2 rings (SSSR count). The van der Waals surface area contributed by atoms with Gasteiger partial charge in [-0.2, -0.15) is 10.4 Å². The van der Waals surface area contributed by atoms with Crippen LogP contribution in [0.5, 0.6) is 0 Å². The Morgan fingerprint density at radius 1 is 1.41 bits per heavy atom. The summed E-state index contributed by atoms with van der Waals surface area (Å²) in [7, 11) is 0. The van der Waals surface area contributed by atoms with Gasteiger partial charge in [0.2, 0.25) is 0 Å². The van der Waals surface area contributed by atoms with E-state index in [0.29, 0.717) is 11.3 Å². The van der Waals surface area contributed by atoms with E-state index in [9.17, 15) is 4.39 Å². The Bertz CT molecular complexity index is 661. The monoisotopic (exact) mass is 245 g/mol. The van der Waals surface area contributed by atoms with Crippen LogP contribution in [0.1, 0.15) is 11.1 Å². The third-order valence-corrected chi connectivity index (χ3v) is 2.38. The molecule has 3 nitrogen and oxygen atoms in total. The molecular formula is C12H5ClFN3. The number of hydrogen-bond acceptors (Lipinski definition) is 2. The number of nitrogens with zero attached hydrogens (tertiary/aromatic N) is 3. The second-order valence-corrected chi connectivity index (χ2v) is 3.59. The molecule has 1 aromatic heterocycles. The summed E-state index contributed by atoms with van der Waals surface area (Å²) >= 11 is 5.78. The van der Waals surface area contributed by atoms with Crippen molar-refractivity contribution in [2.45, 2.75) is 0 Å². The second kappa shape index (κ2) is 4.29. The third kappa shape index (κ3) is 2.13. The lowest BCUT2D eigenvalue weighted by molar-refractivity contribution is 0.625. The van der Waals surface area contributed by atoms with Gasteiger partial charge >= 0.3 is 0 Å². The maximum atomic E-state index is 13.2. The van der Waals surface area contributed by atoms with Gasteiger partial charge in [-0.25, -0.2) is 9.07 Å². The fraction of sp³-hybridized carbons (Fsp3) is 0. The Labute approximate surface area is 102 Å². The van der Waals surface area contributed by atoms with Crippen LogP contribution in [0.4, 0.5) is 4.39 Å². The summed E-state index contributed by atoms with van der Waals surface area (Å²) in [5, 5.41) is 12.8. The summed E-state index contributed by atoms with van der Waals surface area (Å²) in [5.74, 6) is 1.83. The van der Waals surface area contributed by atoms with Crippen LogP contribution in [0.3, 0.4) is 0 Å². The molecule has 0 aliphatic rings. The molecule has 0 saturated carbocycles. The molecule has 0 fully saturated rings. The molecular weight excluding hydrogens is 241 g/mol. The lowest BCUT2D eigenvalue weighted by Crippen LogP contribution is -1.96. The van der Waals surface area contributed by atoms with Gasteiger partial charge in [-0.3, -0.25) is 0 Å². The normalized spacial score (nSPS) is 9.65. The smallest absolute Gasteiger partial charge is 0.167 e. The maximum absolute atomic E-state index is 13.2. The van der Waals surface area contributed by atoms with Crippen LogP contribution in [0.2, 0.25) is 5.15 Å².